The van der Waals surface area contributed by atoms with E-state index < -0.39 is 23.5 Å². The molecule has 2 aromatic rings. The molecule has 7 heteroatoms. The molecule has 0 bridgehead atoms. The van der Waals surface area contributed by atoms with Gasteiger partial charge in [0, 0.05) is 18.9 Å². The number of carboxylic acids is 1. The van der Waals surface area contributed by atoms with Gasteiger partial charge in [-0.3, -0.25) is 14.0 Å². The maximum Gasteiger partial charge on any atom is 0.326 e. The van der Waals surface area contributed by atoms with E-state index in [0.29, 0.717) is 25.0 Å². The lowest BCUT2D eigenvalue weighted by Crippen LogP contribution is -2.42. The second kappa shape index (κ2) is 5.25. The first-order chi connectivity index (χ1) is 10.5. The molecule has 0 aromatic carbocycles. The summed E-state index contributed by atoms with van der Waals surface area (Å²) in [7, 11) is 0. The molecule has 0 unspecified atom stereocenters. The van der Waals surface area contributed by atoms with Gasteiger partial charge >= 0.3 is 5.97 Å². The summed E-state index contributed by atoms with van der Waals surface area (Å²) in [5.74, 6) is -1.62. The van der Waals surface area contributed by atoms with Crippen LogP contribution in [-0.4, -0.2) is 43.9 Å². The highest BCUT2D eigenvalue weighted by atomic mass is 16.4. The number of likely N-dealkylation sites (tertiary alicyclic amines) is 1. The van der Waals surface area contributed by atoms with Crippen molar-refractivity contribution in [3.05, 3.63) is 46.0 Å². The molecule has 0 spiro atoms. The first-order valence-corrected chi connectivity index (χ1v) is 7.01. The van der Waals surface area contributed by atoms with Gasteiger partial charge in [0.05, 0.1) is 0 Å². The zero-order chi connectivity index (χ0) is 15.9. The molecule has 1 N–H and O–H groups in total. The molecule has 1 amide bonds. The van der Waals surface area contributed by atoms with E-state index in [1.54, 1.807) is 12.3 Å². The molecule has 1 atom stereocenters. The van der Waals surface area contributed by atoms with E-state index in [2.05, 4.69) is 4.98 Å². The maximum absolute atomic E-state index is 12.5. The first-order valence-electron chi connectivity index (χ1n) is 7.01. The molecule has 1 aliphatic heterocycles. The van der Waals surface area contributed by atoms with Gasteiger partial charge in [0.1, 0.15) is 17.3 Å². The van der Waals surface area contributed by atoms with Gasteiger partial charge in [-0.05, 0) is 31.4 Å². The Hall–Kier alpha value is -2.70. The highest BCUT2D eigenvalue weighted by Gasteiger charge is 2.35. The summed E-state index contributed by atoms with van der Waals surface area (Å²) >= 11 is 0. The van der Waals surface area contributed by atoms with Crippen LogP contribution in [0.3, 0.4) is 0 Å². The molecule has 1 fully saturated rings. The summed E-state index contributed by atoms with van der Waals surface area (Å²) in [6, 6.07) is 2.65. The van der Waals surface area contributed by atoms with Gasteiger partial charge < -0.3 is 10.0 Å². The van der Waals surface area contributed by atoms with Crippen LogP contribution in [0.2, 0.25) is 0 Å². The van der Waals surface area contributed by atoms with E-state index in [4.69, 9.17) is 5.11 Å². The van der Waals surface area contributed by atoms with Crippen LogP contribution in [-0.2, 0) is 4.79 Å². The lowest BCUT2D eigenvalue weighted by molar-refractivity contribution is -0.141. The predicted octanol–water partition coefficient (Wildman–Crippen LogP) is 0.692. The van der Waals surface area contributed by atoms with Gasteiger partial charge in [-0.1, -0.05) is 6.07 Å². The first kappa shape index (κ1) is 14.2. The Morgan fingerprint density at radius 2 is 2.14 bits per heavy atom. The van der Waals surface area contributed by atoms with Crippen LogP contribution in [0.25, 0.3) is 5.65 Å². The lowest BCUT2D eigenvalue weighted by Gasteiger charge is -2.21. The van der Waals surface area contributed by atoms with E-state index in [9.17, 15) is 14.4 Å². The third-order valence-corrected chi connectivity index (χ3v) is 3.88. The number of carboxylic acid groups (broad SMARTS) is 1. The number of hydrogen-bond donors (Lipinski definition) is 1. The van der Waals surface area contributed by atoms with Crippen LogP contribution < -0.4 is 5.56 Å². The lowest BCUT2D eigenvalue weighted by atomic mass is 10.2. The maximum atomic E-state index is 12.5. The summed E-state index contributed by atoms with van der Waals surface area (Å²) in [6.45, 7) is 2.17. The van der Waals surface area contributed by atoms with Crippen molar-refractivity contribution in [2.75, 3.05) is 6.54 Å². The smallest absolute Gasteiger partial charge is 0.326 e. The van der Waals surface area contributed by atoms with E-state index >= 15 is 0 Å². The van der Waals surface area contributed by atoms with E-state index in [-0.39, 0.29) is 5.56 Å². The van der Waals surface area contributed by atoms with Crippen molar-refractivity contribution in [1.29, 1.82) is 0 Å². The summed E-state index contributed by atoms with van der Waals surface area (Å²) in [5, 5.41) is 9.16. The van der Waals surface area contributed by atoms with Crippen LogP contribution in [0, 0.1) is 6.92 Å². The fourth-order valence-electron chi connectivity index (χ4n) is 2.75. The summed E-state index contributed by atoms with van der Waals surface area (Å²) in [4.78, 5) is 41.6. The minimum Gasteiger partial charge on any atom is -0.480 e. The SMILES string of the molecule is Cc1ccc2ncc(C(=O)N3CCC[C@H]3C(=O)O)c(=O)n2c1. The molecule has 3 rings (SSSR count). The Morgan fingerprint density at radius 1 is 1.36 bits per heavy atom. The van der Waals surface area contributed by atoms with Gasteiger partial charge in [0.15, 0.2) is 0 Å². The third kappa shape index (κ3) is 2.24. The fraction of sp³-hybridized carbons (Fsp3) is 0.333. The highest BCUT2D eigenvalue weighted by molar-refractivity contribution is 5.96. The fourth-order valence-corrected chi connectivity index (χ4v) is 2.75. The average Bonchev–Trinajstić information content (AvgIpc) is 2.97. The number of pyridine rings is 1. The second-order valence-corrected chi connectivity index (χ2v) is 5.41. The monoisotopic (exact) mass is 301 g/mol. The molecular weight excluding hydrogens is 286 g/mol. The van der Waals surface area contributed by atoms with Crippen molar-refractivity contribution in [2.24, 2.45) is 0 Å². The number of aromatic nitrogens is 2. The summed E-state index contributed by atoms with van der Waals surface area (Å²) in [5.41, 5.74) is 0.736. The molecule has 2 aromatic heterocycles. The number of rotatable bonds is 2. The summed E-state index contributed by atoms with van der Waals surface area (Å²) < 4.78 is 1.31. The Balaban J connectivity index is 2.06. The quantitative estimate of drug-likeness (QED) is 0.881. The van der Waals surface area contributed by atoms with Crippen LogP contribution in [0.5, 0.6) is 0 Å². The van der Waals surface area contributed by atoms with Gasteiger partial charge in [0.25, 0.3) is 11.5 Å². The molecule has 0 radical (unpaired) electrons. The number of fused-ring (bicyclic) bond motifs is 1. The predicted molar refractivity (Wildman–Crippen MR) is 77.9 cm³/mol. The van der Waals surface area contributed by atoms with Crippen molar-refractivity contribution in [1.82, 2.24) is 14.3 Å². The molecule has 3 heterocycles. The molecule has 1 saturated heterocycles. The molecule has 7 nitrogen and oxygen atoms in total. The minimum atomic E-state index is -1.05. The van der Waals surface area contributed by atoms with Crippen molar-refractivity contribution in [3.63, 3.8) is 0 Å². The Morgan fingerprint density at radius 3 is 2.86 bits per heavy atom. The molecule has 1 aliphatic rings. The van der Waals surface area contributed by atoms with Crippen molar-refractivity contribution in [3.8, 4) is 0 Å². The van der Waals surface area contributed by atoms with Gasteiger partial charge in [0.2, 0.25) is 0 Å². The molecular formula is C15H15N3O4. The van der Waals surface area contributed by atoms with E-state index in [1.165, 1.54) is 15.5 Å². The van der Waals surface area contributed by atoms with Crippen molar-refractivity contribution < 1.29 is 14.7 Å². The van der Waals surface area contributed by atoms with E-state index in [1.807, 2.05) is 13.0 Å². The number of amides is 1. The van der Waals surface area contributed by atoms with E-state index in [0.717, 1.165) is 5.56 Å². The van der Waals surface area contributed by atoms with Gasteiger partial charge in [-0.25, -0.2) is 9.78 Å². The zero-order valence-corrected chi connectivity index (χ0v) is 12.0. The minimum absolute atomic E-state index is 0.101. The van der Waals surface area contributed by atoms with Crippen LogP contribution in [0.1, 0.15) is 28.8 Å². The van der Waals surface area contributed by atoms with Gasteiger partial charge in [-0.15, -0.1) is 0 Å². The molecule has 0 saturated carbocycles. The molecule has 114 valence electrons. The standard InChI is InChI=1S/C15H15N3O4/c1-9-4-5-12-16-7-10(14(20)18(12)8-9)13(19)17-6-2-3-11(17)15(21)22/h4-5,7-8,11H,2-3,6H2,1H3,(H,21,22)/t11-/m0/s1. The average molecular weight is 301 g/mol. The Bertz CT molecular complexity index is 827. The number of aryl methyl sites for hydroxylation is 1. The zero-order valence-electron chi connectivity index (χ0n) is 12.0. The number of carbonyl (C=O) groups is 2. The van der Waals surface area contributed by atoms with Crippen LogP contribution >= 0.6 is 0 Å². The van der Waals surface area contributed by atoms with Crippen LogP contribution in [0.4, 0.5) is 0 Å². The normalized spacial score (nSPS) is 17.9. The van der Waals surface area contributed by atoms with Crippen LogP contribution in [0.15, 0.2) is 29.3 Å². The van der Waals surface area contributed by atoms with Crippen molar-refractivity contribution >= 4 is 17.5 Å². The second-order valence-electron chi connectivity index (χ2n) is 5.41. The molecule has 22 heavy (non-hydrogen) atoms. The van der Waals surface area contributed by atoms with Crippen molar-refractivity contribution in [2.45, 2.75) is 25.8 Å². The van der Waals surface area contributed by atoms with Gasteiger partial charge in [-0.2, -0.15) is 0 Å². The number of hydrogen-bond acceptors (Lipinski definition) is 4. The number of carbonyl (C=O) groups excluding carboxylic acids is 1. The Kier molecular flexibility index (Phi) is 3.40. The highest BCUT2D eigenvalue weighted by Crippen LogP contribution is 2.19. The number of aliphatic carboxylic acids is 1. The topological polar surface area (TPSA) is 92.0 Å². The third-order valence-electron chi connectivity index (χ3n) is 3.88. The number of nitrogens with zero attached hydrogens (tertiary/aromatic N) is 3. The molecule has 0 aliphatic carbocycles. The summed E-state index contributed by atoms with van der Waals surface area (Å²) in [6.07, 6.45) is 3.86. The largest absolute Gasteiger partial charge is 0.480 e. The Labute approximate surface area is 125 Å².